The summed E-state index contributed by atoms with van der Waals surface area (Å²) in [6, 6.07) is 5.90. The molecule has 0 saturated carbocycles. The number of benzene rings is 1. The Bertz CT molecular complexity index is 503. The van der Waals surface area contributed by atoms with Crippen LogP contribution in [0.15, 0.2) is 18.2 Å². The molecule has 0 aliphatic heterocycles. The fourth-order valence-corrected chi connectivity index (χ4v) is 2.27. The van der Waals surface area contributed by atoms with E-state index in [0.717, 1.165) is 17.3 Å². The van der Waals surface area contributed by atoms with Gasteiger partial charge < -0.3 is 10.3 Å². The number of nitrogens with zero attached hydrogens (tertiary/aromatic N) is 1. The van der Waals surface area contributed by atoms with Gasteiger partial charge in [0.05, 0.1) is 15.6 Å². The normalized spacial score (nSPS) is 11.2. The molecule has 0 fully saturated rings. The number of fused-ring (bicyclic) bond motifs is 1. The molecular weight excluding hydrogens is 231 g/mol. The monoisotopic (exact) mass is 242 g/mol. The lowest BCUT2D eigenvalue weighted by molar-refractivity contribution is 0.827. The molecule has 0 radical (unpaired) electrons. The molecule has 2 aromatic rings. The van der Waals surface area contributed by atoms with Crippen molar-refractivity contribution in [3.63, 3.8) is 0 Å². The molecule has 0 amide bonds. The molecule has 1 heterocycles. The second kappa shape index (κ2) is 4.05. The summed E-state index contributed by atoms with van der Waals surface area (Å²) in [7, 11) is 1.98. The van der Waals surface area contributed by atoms with Crippen LogP contribution in [0.25, 0.3) is 10.9 Å². The molecule has 0 atom stereocenters. The van der Waals surface area contributed by atoms with Crippen LogP contribution in [-0.4, -0.2) is 11.1 Å². The largest absolute Gasteiger partial charge is 0.346 e. The van der Waals surface area contributed by atoms with Gasteiger partial charge in [-0.1, -0.05) is 29.3 Å². The molecule has 0 saturated heterocycles. The number of hydrogen-bond donors (Lipinski definition) is 1. The predicted molar refractivity (Wildman–Crippen MR) is 65.7 cm³/mol. The van der Waals surface area contributed by atoms with Gasteiger partial charge in [-0.15, -0.1) is 0 Å². The zero-order chi connectivity index (χ0) is 11.0. The fourth-order valence-electron chi connectivity index (χ4n) is 1.82. The van der Waals surface area contributed by atoms with Crippen molar-refractivity contribution >= 4 is 34.1 Å². The maximum atomic E-state index is 6.16. The van der Waals surface area contributed by atoms with Crippen LogP contribution in [-0.2, 0) is 13.5 Å². The molecule has 2 rings (SSSR count). The van der Waals surface area contributed by atoms with Crippen LogP contribution in [0.5, 0.6) is 0 Å². The Kier molecular flexibility index (Phi) is 2.91. The van der Waals surface area contributed by atoms with E-state index in [9.17, 15) is 0 Å². The second-order valence-corrected chi connectivity index (χ2v) is 4.32. The minimum absolute atomic E-state index is 0.588. The maximum Gasteiger partial charge on any atom is 0.0835 e. The molecular formula is C11H12Cl2N2. The van der Waals surface area contributed by atoms with Crippen molar-refractivity contribution < 1.29 is 0 Å². The van der Waals surface area contributed by atoms with Crippen molar-refractivity contribution in [1.29, 1.82) is 0 Å². The van der Waals surface area contributed by atoms with Gasteiger partial charge >= 0.3 is 0 Å². The first-order valence-electron chi connectivity index (χ1n) is 4.77. The van der Waals surface area contributed by atoms with E-state index in [0.29, 0.717) is 16.6 Å². The van der Waals surface area contributed by atoms with Gasteiger partial charge in [-0.3, -0.25) is 0 Å². The van der Waals surface area contributed by atoms with Crippen LogP contribution in [0.4, 0.5) is 0 Å². The molecule has 1 aromatic carbocycles. The van der Waals surface area contributed by atoms with Crippen LogP contribution in [0.1, 0.15) is 5.69 Å². The smallest absolute Gasteiger partial charge is 0.0835 e. The second-order valence-electron chi connectivity index (χ2n) is 3.53. The van der Waals surface area contributed by atoms with Crippen LogP contribution in [0.3, 0.4) is 0 Å². The Balaban J connectivity index is 2.72. The molecule has 0 aliphatic carbocycles. The van der Waals surface area contributed by atoms with Crippen molar-refractivity contribution in [3.8, 4) is 0 Å². The third-order valence-electron chi connectivity index (χ3n) is 2.59. The predicted octanol–water partition coefficient (Wildman–Crippen LogP) is 2.99. The highest BCUT2D eigenvalue weighted by Crippen LogP contribution is 2.32. The van der Waals surface area contributed by atoms with Crippen molar-refractivity contribution in [2.75, 3.05) is 6.54 Å². The third-order valence-corrected chi connectivity index (χ3v) is 3.38. The molecule has 0 aliphatic rings. The van der Waals surface area contributed by atoms with Gasteiger partial charge in [0.25, 0.3) is 0 Å². The van der Waals surface area contributed by atoms with Gasteiger partial charge in [-0.25, -0.2) is 0 Å². The molecule has 4 heteroatoms. The minimum atomic E-state index is 0.588. The number of halogens is 2. The zero-order valence-corrected chi connectivity index (χ0v) is 9.94. The summed E-state index contributed by atoms with van der Waals surface area (Å²) in [6.07, 6.45) is 0.846. The molecule has 2 N–H and O–H groups in total. The lowest BCUT2D eigenvalue weighted by Gasteiger charge is -2.04. The third kappa shape index (κ3) is 1.73. The Hall–Kier alpha value is -0.700. The van der Waals surface area contributed by atoms with Crippen molar-refractivity contribution in [2.45, 2.75) is 6.42 Å². The number of aromatic nitrogens is 1. The van der Waals surface area contributed by atoms with Crippen molar-refractivity contribution in [1.82, 2.24) is 4.57 Å². The van der Waals surface area contributed by atoms with Crippen molar-refractivity contribution in [3.05, 3.63) is 33.9 Å². The summed E-state index contributed by atoms with van der Waals surface area (Å²) in [5.74, 6) is 0. The zero-order valence-electron chi connectivity index (χ0n) is 8.43. The van der Waals surface area contributed by atoms with Gasteiger partial charge in [0.2, 0.25) is 0 Å². The molecule has 80 valence electrons. The van der Waals surface area contributed by atoms with Gasteiger partial charge in [-0.2, -0.15) is 0 Å². The average molecular weight is 243 g/mol. The lowest BCUT2D eigenvalue weighted by atomic mass is 10.2. The van der Waals surface area contributed by atoms with E-state index in [-0.39, 0.29) is 0 Å². The summed E-state index contributed by atoms with van der Waals surface area (Å²) in [5.41, 5.74) is 7.70. The minimum Gasteiger partial charge on any atom is -0.346 e. The van der Waals surface area contributed by atoms with Crippen LogP contribution >= 0.6 is 23.2 Å². The van der Waals surface area contributed by atoms with Crippen LogP contribution < -0.4 is 5.73 Å². The Morgan fingerprint density at radius 3 is 2.73 bits per heavy atom. The van der Waals surface area contributed by atoms with E-state index in [1.165, 1.54) is 5.69 Å². The van der Waals surface area contributed by atoms with Crippen molar-refractivity contribution in [2.24, 2.45) is 12.8 Å². The number of aryl methyl sites for hydroxylation is 1. The molecule has 2 nitrogen and oxygen atoms in total. The van der Waals surface area contributed by atoms with Gasteiger partial charge in [0.1, 0.15) is 0 Å². The van der Waals surface area contributed by atoms with Gasteiger partial charge in [0, 0.05) is 18.1 Å². The van der Waals surface area contributed by atoms with E-state index >= 15 is 0 Å². The molecule has 0 bridgehead atoms. The SMILES string of the molecule is Cn1c(CCN)cc2ccc(Cl)c(Cl)c21. The van der Waals surface area contributed by atoms with Crippen LogP contribution in [0, 0.1) is 0 Å². The summed E-state index contributed by atoms with van der Waals surface area (Å²) >= 11 is 12.1. The lowest BCUT2D eigenvalue weighted by Crippen LogP contribution is -2.06. The van der Waals surface area contributed by atoms with Gasteiger partial charge in [0.15, 0.2) is 0 Å². The molecule has 1 aromatic heterocycles. The topological polar surface area (TPSA) is 30.9 Å². The summed E-state index contributed by atoms with van der Waals surface area (Å²) in [6.45, 7) is 0.634. The first kappa shape index (κ1) is 10.8. The summed E-state index contributed by atoms with van der Waals surface area (Å²) in [4.78, 5) is 0. The number of nitrogens with two attached hydrogens (primary N) is 1. The molecule has 15 heavy (non-hydrogen) atoms. The van der Waals surface area contributed by atoms with Crippen LogP contribution in [0.2, 0.25) is 10.0 Å². The highest BCUT2D eigenvalue weighted by Gasteiger charge is 2.10. The maximum absolute atomic E-state index is 6.16. The Morgan fingerprint density at radius 1 is 1.33 bits per heavy atom. The highest BCUT2D eigenvalue weighted by molar-refractivity contribution is 6.45. The van der Waals surface area contributed by atoms with E-state index in [2.05, 4.69) is 10.6 Å². The number of rotatable bonds is 2. The number of hydrogen-bond acceptors (Lipinski definition) is 1. The average Bonchev–Trinajstić information content (AvgIpc) is 2.52. The van der Waals surface area contributed by atoms with E-state index in [1.54, 1.807) is 0 Å². The standard InChI is InChI=1S/C11H12Cl2N2/c1-15-8(4-5-14)6-7-2-3-9(12)10(13)11(7)15/h2-3,6H,4-5,14H2,1H3. The molecule has 0 unspecified atom stereocenters. The Labute approximate surface area is 98.6 Å². The van der Waals surface area contributed by atoms with E-state index in [1.807, 2.05) is 19.2 Å². The Morgan fingerprint density at radius 2 is 2.07 bits per heavy atom. The first-order chi connectivity index (χ1) is 7.15. The van der Waals surface area contributed by atoms with Gasteiger partial charge in [-0.05, 0) is 25.1 Å². The fraction of sp³-hybridized carbons (Fsp3) is 0.273. The highest BCUT2D eigenvalue weighted by atomic mass is 35.5. The summed E-state index contributed by atoms with van der Waals surface area (Å²) in [5, 5.41) is 2.31. The van der Waals surface area contributed by atoms with E-state index < -0.39 is 0 Å². The first-order valence-corrected chi connectivity index (χ1v) is 5.53. The van der Waals surface area contributed by atoms with E-state index in [4.69, 9.17) is 28.9 Å². The quantitative estimate of drug-likeness (QED) is 0.863. The summed E-state index contributed by atoms with van der Waals surface area (Å²) < 4.78 is 2.05. The molecule has 0 spiro atoms.